The number of pyridine rings is 1. The first kappa shape index (κ1) is 15.0. The van der Waals surface area contributed by atoms with Crippen molar-refractivity contribution in [2.75, 3.05) is 18.4 Å². The number of aromatic nitrogens is 1. The first-order chi connectivity index (χ1) is 9.86. The second kappa shape index (κ2) is 5.51. The maximum absolute atomic E-state index is 12.5. The molecule has 0 atom stereocenters. The molecule has 0 aromatic carbocycles. The van der Waals surface area contributed by atoms with Crippen LogP contribution in [0, 0.1) is 0 Å². The van der Waals surface area contributed by atoms with E-state index in [1.54, 1.807) is 32.2 Å². The average Bonchev–Trinajstić information content (AvgIpc) is 2.44. The van der Waals surface area contributed by atoms with E-state index in [2.05, 4.69) is 15.6 Å². The molecule has 1 fully saturated rings. The summed E-state index contributed by atoms with van der Waals surface area (Å²) < 4.78 is 0. The summed E-state index contributed by atoms with van der Waals surface area (Å²) in [7, 11) is 0. The van der Waals surface area contributed by atoms with Crippen LogP contribution in [0.3, 0.4) is 0 Å². The molecule has 0 radical (unpaired) electrons. The molecule has 7 heteroatoms. The molecule has 0 spiro atoms. The Balaban J connectivity index is 2.25. The number of amides is 3. The van der Waals surface area contributed by atoms with Crippen LogP contribution in [0.2, 0.25) is 0 Å². The predicted molar refractivity (Wildman–Crippen MR) is 76.7 cm³/mol. The Morgan fingerprint density at radius 1 is 1.43 bits per heavy atom. The van der Waals surface area contributed by atoms with E-state index in [1.165, 1.54) is 4.90 Å². The lowest BCUT2D eigenvalue weighted by Crippen LogP contribution is -2.65. The van der Waals surface area contributed by atoms with E-state index >= 15 is 0 Å². The zero-order valence-corrected chi connectivity index (χ0v) is 12.3. The van der Waals surface area contributed by atoms with Gasteiger partial charge >= 0.3 is 0 Å². The molecule has 2 heterocycles. The topological polar surface area (TPSA) is 91.4 Å². The average molecular weight is 290 g/mol. The number of hydrogen-bond acceptors (Lipinski definition) is 5. The number of nitrogens with zero attached hydrogens (tertiary/aromatic N) is 2. The zero-order valence-electron chi connectivity index (χ0n) is 12.3. The third-order valence-electron chi connectivity index (χ3n) is 3.39. The Morgan fingerprint density at radius 2 is 2.14 bits per heavy atom. The van der Waals surface area contributed by atoms with Crippen LogP contribution in [-0.2, 0) is 9.59 Å². The third kappa shape index (κ3) is 2.86. The van der Waals surface area contributed by atoms with Crippen LogP contribution >= 0.6 is 0 Å². The van der Waals surface area contributed by atoms with Crippen molar-refractivity contribution in [1.29, 1.82) is 0 Å². The van der Waals surface area contributed by atoms with Gasteiger partial charge in [0.1, 0.15) is 17.8 Å². The highest BCUT2D eigenvalue weighted by Gasteiger charge is 2.44. The van der Waals surface area contributed by atoms with Crippen molar-refractivity contribution in [1.82, 2.24) is 15.2 Å². The fraction of sp³-hybridized carbons (Fsp3) is 0.429. The number of anilines is 1. The summed E-state index contributed by atoms with van der Waals surface area (Å²) in [5, 5.41) is 5.31. The highest BCUT2D eigenvalue weighted by molar-refractivity contribution is 6.08. The van der Waals surface area contributed by atoms with E-state index in [4.69, 9.17) is 0 Å². The van der Waals surface area contributed by atoms with Crippen molar-refractivity contribution in [3.63, 3.8) is 0 Å². The van der Waals surface area contributed by atoms with Gasteiger partial charge in [-0.3, -0.25) is 19.7 Å². The Kier molecular flexibility index (Phi) is 3.93. The van der Waals surface area contributed by atoms with Gasteiger partial charge in [0.05, 0.1) is 11.9 Å². The summed E-state index contributed by atoms with van der Waals surface area (Å²) >= 11 is 0. The summed E-state index contributed by atoms with van der Waals surface area (Å²) in [4.78, 5) is 41.2. The monoisotopic (exact) mass is 290 g/mol. The highest BCUT2D eigenvalue weighted by Crippen LogP contribution is 2.20. The van der Waals surface area contributed by atoms with Gasteiger partial charge in [-0.15, -0.1) is 0 Å². The van der Waals surface area contributed by atoms with Crippen molar-refractivity contribution < 1.29 is 14.4 Å². The number of nitrogens with one attached hydrogen (secondary N) is 2. The van der Waals surface area contributed by atoms with Gasteiger partial charge in [0.2, 0.25) is 5.91 Å². The molecule has 2 rings (SSSR count). The van der Waals surface area contributed by atoms with Crippen molar-refractivity contribution >= 4 is 23.4 Å². The number of carbonyl (C=O) groups excluding carboxylic acids is 3. The molecule has 1 aliphatic heterocycles. The van der Waals surface area contributed by atoms with Crippen molar-refractivity contribution in [2.24, 2.45) is 0 Å². The molecule has 7 nitrogen and oxygen atoms in total. The molecule has 1 saturated heterocycles. The molecule has 0 aliphatic carbocycles. The van der Waals surface area contributed by atoms with Crippen LogP contribution in [-0.4, -0.2) is 46.2 Å². The molecule has 2 N–H and O–H groups in total. The quantitative estimate of drug-likeness (QED) is 0.786. The summed E-state index contributed by atoms with van der Waals surface area (Å²) in [5.41, 5.74) is -0.0829. The van der Waals surface area contributed by atoms with Crippen LogP contribution < -0.4 is 10.6 Å². The fourth-order valence-electron chi connectivity index (χ4n) is 2.08. The zero-order chi connectivity index (χ0) is 15.6. The lowest BCUT2D eigenvalue weighted by Gasteiger charge is -2.39. The number of imide groups is 1. The first-order valence-electron chi connectivity index (χ1n) is 6.72. The fourth-order valence-corrected chi connectivity index (χ4v) is 2.08. The minimum Gasteiger partial charge on any atom is -0.384 e. The molecule has 1 aromatic rings. The Hall–Kier alpha value is -2.44. The first-order valence-corrected chi connectivity index (χ1v) is 6.72. The van der Waals surface area contributed by atoms with Crippen LogP contribution in [0.1, 0.15) is 31.3 Å². The normalized spacial score (nSPS) is 17.4. The van der Waals surface area contributed by atoms with Crippen molar-refractivity contribution in [2.45, 2.75) is 26.3 Å². The number of rotatable bonds is 3. The predicted octanol–water partition coefficient (Wildman–Crippen LogP) is 0.391. The minimum absolute atomic E-state index is 0.159. The molecule has 0 saturated carbocycles. The van der Waals surface area contributed by atoms with Gasteiger partial charge in [-0.05, 0) is 32.9 Å². The number of piperazine rings is 1. The van der Waals surface area contributed by atoms with E-state index in [0.29, 0.717) is 0 Å². The summed E-state index contributed by atoms with van der Waals surface area (Å²) in [6.07, 6.45) is 1.55. The Bertz CT molecular complexity index is 580. The largest absolute Gasteiger partial charge is 0.384 e. The van der Waals surface area contributed by atoms with Gasteiger partial charge in [-0.1, -0.05) is 0 Å². The van der Waals surface area contributed by atoms with E-state index in [-0.39, 0.29) is 12.2 Å². The third-order valence-corrected chi connectivity index (χ3v) is 3.39. The summed E-state index contributed by atoms with van der Waals surface area (Å²) in [6, 6.07) is 3.32. The lowest BCUT2D eigenvalue weighted by molar-refractivity contribution is -0.143. The van der Waals surface area contributed by atoms with Crippen molar-refractivity contribution in [3.05, 3.63) is 24.0 Å². The molecule has 0 unspecified atom stereocenters. The summed E-state index contributed by atoms with van der Waals surface area (Å²) in [5.74, 6) is -1.42. The maximum Gasteiger partial charge on any atom is 0.273 e. The number of carbonyl (C=O) groups is 3. The minimum atomic E-state index is -1.09. The molecule has 1 aromatic heterocycles. The molecule has 21 heavy (non-hydrogen) atoms. The molecule has 112 valence electrons. The maximum atomic E-state index is 12.5. The molecule has 3 amide bonds. The van der Waals surface area contributed by atoms with E-state index in [1.807, 2.05) is 6.92 Å². The van der Waals surface area contributed by atoms with Crippen LogP contribution in [0.15, 0.2) is 18.3 Å². The van der Waals surface area contributed by atoms with Gasteiger partial charge < -0.3 is 10.2 Å². The SMILES string of the molecule is CCNc1ccc(C(=O)N2CC(=O)NC(=O)C2(C)C)nc1. The van der Waals surface area contributed by atoms with Gasteiger partial charge in [0.25, 0.3) is 11.8 Å². The Morgan fingerprint density at radius 3 is 2.71 bits per heavy atom. The Labute approximate surface area is 122 Å². The van der Waals surface area contributed by atoms with Crippen molar-refractivity contribution in [3.8, 4) is 0 Å². The number of hydrogen-bond donors (Lipinski definition) is 2. The second-order valence-corrected chi connectivity index (χ2v) is 5.29. The van der Waals surface area contributed by atoms with Crippen LogP contribution in [0.25, 0.3) is 0 Å². The smallest absolute Gasteiger partial charge is 0.273 e. The van der Waals surface area contributed by atoms with Gasteiger partial charge in [-0.2, -0.15) is 0 Å². The molecular formula is C14H18N4O3. The highest BCUT2D eigenvalue weighted by atomic mass is 16.2. The van der Waals surface area contributed by atoms with Crippen LogP contribution in [0.5, 0.6) is 0 Å². The van der Waals surface area contributed by atoms with E-state index in [0.717, 1.165) is 12.2 Å². The van der Waals surface area contributed by atoms with E-state index in [9.17, 15) is 14.4 Å². The van der Waals surface area contributed by atoms with E-state index < -0.39 is 23.3 Å². The standard InChI is InChI=1S/C14H18N4O3/c1-4-15-9-5-6-10(16-7-9)12(20)18-8-11(19)17-13(21)14(18,2)3/h5-7,15H,4,8H2,1-3H3,(H,17,19,21). The molecule has 1 aliphatic rings. The summed E-state index contributed by atoms with van der Waals surface area (Å²) in [6.45, 7) is 5.75. The van der Waals surface area contributed by atoms with Gasteiger partial charge in [0.15, 0.2) is 0 Å². The molecular weight excluding hydrogens is 272 g/mol. The van der Waals surface area contributed by atoms with Crippen LogP contribution in [0.4, 0.5) is 5.69 Å². The lowest BCUT2D eigenvalue weighted by atomic mass is 9.98. The molecule has 0 bridgehead atoms. The van der Waals surface area contributed by atoms with Gasteiger partial charge in [-0.25, -0.2) is 4.98 Å². The van der Waals surface area contributed by atoms with Gasteiger partial charge in [0, 0.05) is 6.54 Å². The second-order valence-electron chi connectivity index (χ2n) is 5.29.